The highest BCUT2D eigenvalue weighted by molar-refractivity contribution is 5.73. The van der Waals surface area contributed by atoms with Crippen LogP contribution < -0.4 is 5.32 Å². The summed E-state index contributed by atoms with van der Waals surface area (Å²) in [6.07, 6.45) is 2.24. The van der Waals surface area contributed by atoms with Crippen molar-refractivity contribution in [2.24, 2.45) is 5.92 Å². The van der Waals surface area contributed by atoms with Gasteiger partial charge in [0.15, 0.2) is 0 Å². The van der Waals surface area contributed by atoms with Crippen LogP contribution in [0, 0.1) is 5.92 Å². The number of hydrogen-bond acceptors (Lipinski definition) is 2. The van der Waals surface area contributed by atoms with E-state index in [2.05, 4.69) is 5.32 Å². The summed E-state index contributed by atoms with van der Waals surface area (Å²) in [5.41, 5.74) is 0. The van der Waals surface area contributed by atoms with E-state index in [4.69, 9.17) is 10.2 Å². The van der Waals surface area contributed by atoms with Crippen molar-refractivity contribution in [1.29, 1.82) is 0 Å². The summed E-state index contributed by atoms with van der Waals surface area (Å²) in [5.74, 6) is -1.47. The maximum absolute atomic E-state index is 10.4. The first-order chi connectivity index (χ1) is 5.59. The van der Waals surface area contributed by atoms with Crippen LogP contribution in [0.15, 0.2) is 12.2 Å². The summed E-state index contributed by atoms with van der Waals surface area (Å²) in [6, 6.07) is -0.358. The Morgan fingerprint density at radius 3 is 2.42 bits per heavy atom. The maximum atomic E-state index is 10.4. The molecule has 0 unspecified atom stereocenters. The summed E-state index contributed by atoms with van der Waals surface area (Å²) >= 11 is 0. The topological polar surface area (TPSA) is 86.6 Å². The summed E-state index contributed by atoms with van der Waals surface area (Å²) in [4.78, 5) is 20.5. The Morgan fingerprint density at radius 1 is 1.33 bits per heavy atom. The van der Waals surface area contributed by atoms with Crippen LogP contribution >= 0.6 is 0 Å². The van der Waals surface area contributed by atoms with Crippen LogP contribution in [0.25, 0.3) is 0 Å². The lowest BCUT2D eigenvalue weighted by Crippen LogP contribution is -2.31. The van der Waals surface area contributed by atoms with Crippen LogP contribution in [-0.4, -0.2) is 28.3 Å². The molecule has 0 aromatic rings. The average molecular weight is 171 g/mol. The lowest BCUT2D eigenvalue weighted by atomic mass is 10.1. The van der Waals surface area contributed by atoms with Crippen LogP contribution in [-0.2, 0) is 4.79 Å². The molecular weight excluding hydrogens is 162 g/mol. The zero-order valence-corrected chi connectivity index (χ0v) is 6.23. The second kappa shape index (κ2) is 3.25. The van der Waals surface area contributed by atoms with Crippen molar-refractivity contribution in [2.45, 2.75) is 12.5 Å². The number of rotatable bonds is 2. The molecule has 0 aromatic carbocycles. The quantitative estimate of drug-likeness (QED) is 0.521. The van der Waals surface area contributed by atoms with E-state index in [1.54, 1.807) is 6.08 Å². The largest absolute Gasteiger partial charge is 0.481 e. The fourth-order valence-electron chi connectivity index (χ4n) is 1.15. The van der Waals surface area contributed by atoms with E-state index in [-0.39, 0.29) is 6.04 Å². The maximum Gasteiger partial charge on any atom is 0.405 e. The van der Waals surface area contributed by atoms with Crippen molar-refractivity contribution in [3.63, 3.8) is 0 Å². The Hall–Kier alpha value is -1.52. The Balaban J connectivity index is 2.42. The van der Waals surface area contributed by atoms with Gasteiger partial charge in [-0.25, -0.2) is 4.79 Å². The lowest BCUT2D eigenvalue weighted by molar-refractivity contribution is -0.140. The van der Waals surface area contributed by atoms with Crippen LogP contribution in [0.5, 0.6) is 0 Å². The number of carboxylic acids is 1. The predicted molar refractivity (Wildman–Crippen MR) is 39.8 cm³/mol. The van der Waals surface area contributed by atoms with E-state index >= 15 is 0 Å². The molecular formula is C7H9NO4. The molecule has 0 radical (unpaired) electrons. The predicted octanol–water partition coefficient (Wildman–Crippen LogP) is 0.283. The first-order valence-electron chi connectivity index (χ1n) is 3.50. The molecule has 12 heavy (non-hydrogen) atoms. The van der Waals surface area contributed by atoms with Gasteiger partial charge in [0.1, 0.15) is 0 Å². The molecule has 0 saturated heterocycles. The van der Waals surface area contributed by atoms with E-state index < -0.39 is 18.0 Å². The highest BCUT2D eigenvalue weighted by Crippen LogP contribution is 2.17. The zero-order valence-electron chi connectivity index (χ0n) is 6.23. The third-order valence-corrected chi connectivity index (χ3v) is 1.71. The number of carboxylic acid groups (broad SMARTS) is 2. The molecule has 1 rings (SSSR count). The standard InChI is InChI=1S/C7H9NO4/c9-6(10)4-1-2-5(3-4)8-7(11)12/h1-2,4-5,8H,3H2,(H,9,10)(H,11,12)/t4-,5+/m1/s1. The van der Waals surface area contributed by atoms with Gasteiger partial charge in [0, 0.05) is 0 Å². The van der Waals surface area contributed by atoms with Gasteiger partial charge in [0.25, 0.3) is 0 Å². The molecule has 0 aromatic heterocycles. The fourth-order valence-corrected chi connectivity index (χ4v) is 1.15. The van der Waals surface area contributed by atoms with Crippen LogP contribution in [0.1, 0.15) is 6.42 Å². The van der Waals surface area contributed by atoms with Gasteiger partial charge in [0.2, 0.25) is 0 Å². The molecule has 1 aliphatic rings. The van der Waals surface area contributed by atoms with E-state index in [0.717, 1.165) is 0 Å². The van der Waals surface area contributed by atoms with Crippen molar-refractivity contribution >= 4 is 12.1 Å². The third kappa shape index (κ3) is 1.98. The molecule has 0 aliphatic heterocycles. The highest BCUT2D eigenvalue weighted by Gasteiger charge is 2.24. The number of amides is 1. The van der Waals surface area contributed by atoms with Gasteiger partial charge >= 0.3 is 12.1 Å². The molecule has 1 aliphatic carbocycles. The Kier molecular flexibility index (Phi) is 2.32. The van der Waals surface area contributed by atoms with E-state index in [1.165, 1.54) is 6.08 Å². The van der Waals surface area contributed by atoms with Gasteiger partial charge in [-0.05, 0) is 6.42 Å². The second-order valence-electron chi connectivity index (χ2n) is 2.62. The molecule has 2 atom stereocenters. The number of hydrogen-bond donors (Lipinski definition) is 3. The first kappa shape index (κ1) is 8.58. The van der Waals surface area contributed by atoms with Crippen molar-refractivity contribution < 1.29 is 19.8 Å². The number of nitrogens with one attached hydrogen (secondary N) is 1. The van der Waals surface area contributed by atoms with E-state index in [9.17, 15) is 9.59 Å². The summed E-state index contributed by atoms with van der Waals surface area (Å²) < 4.78 is 0. The summed E-state index contributed by atoms with van der Waals surface area (Å²) in [5, 5.41) is 19.0. The molecule has 0 heterocycles. The Labute approximate surface area is 68.7 Å². The van der Waals surface area contributed by atoms with Crippen LogP contribution in [0.2, 0.25) is 0 Å². The minimum Gasteiger partial charge on any atom is -0.481 e. The molecule has 0 spiro atoms. The van der Waals surface area contributed by atoms with Crippen LogP contribution in [0.3, 0.4) is 0 Å². The van der Waals surface area contributed by atoms with E-state index in [0.29, 0.717) is 6.42 Å². The summed E-state index contributed by atoms with van der Waals surface area (Å²) in [6.45, 7) is 0. The van der Waals surface area contributed by atoms with Crippen LogP contribution in [0.4, 0.5) is 4.79 Å². The fraction of sp³-hybridized carbons (Fsp3) is 0.429. The van der Waals surface area contributed by atoms with Gasteiger partial charge < -0.3 is 15.5 Å². The van der Waals surface area contributed by atoms with Crippen molar-refractivity contribution in [3.8, 4) is 0 Å². The van der Waals surface area contributed by atoms with Gasteiger partial charge in [-0.3, -0.25) is 4.79 Å². The zero-order chi connectivity index (χ0) is 9.14. The SMILES string of the molecule is O=C(O)N[C@H]1C=C[C@@H](C(=O)O)C1. The molecule has 5 heteroatoms. The Bertz CT molecular complexity index is 236. The van der Waals surface area contributed by atoms with Gasteiger partial charge in [-0.2, -0.15) is 0 Å². The molecule has 1 amide bonds. The minimum atomic E-state index is -1.13. The molecule has 5 nitrogen and oxygen atoms in total. The highest BCUT2D eigenvalue weighted by atomic mass is 16.4. The normalized spacial score (nSPS) is 27.0. The van der Waals surface area contributed by atoms with Crippen molar-refractivity contribution in [3.05, 3.63) is 12.2 Å². The smallest absolute Gasteiger partial charge is 0.405 e. The van der Waals surface area contributed by atoms with Gasteiger partial charge in [0.05, 0.1) is 12.0 Å². The Morgan fingerprint density at radius 2 is 2.00 bits per heavy atom. The monoisotopic (exact) mass is 171 g/mol. The average Bonchev–Trinajstić information content (AvgIpc) is 2.34. The minimum absolute atomic E-state index is 0.307. The molecule has 0 bridgehead atoms. The molecule has 0 fully saturated rings. The molecule has 0 saturated carbocycles. The third-order valence-electron chi connectivity index (χ3n) is 1.71. The van der Waals surface area contributed by atoms with Gasteiger partial charge in [-0.15, -0.1) is 0 Å². The van der Waals surface area contributed by atoms with E-state index in [1.807, 2.05) is 0 Å². The van der Waals surface area contributed by atoms with Crippen molar-refractivity contribution in [2.75, 3.05) is 0 Å². The number of aliphatic carboxylic acids is 1. The van der Waals surface area contributed by atoms with Gasteiger partial charge in [-0.1, -0.05) is 12.2 Å². The summed E-state index contributed by atoms with van der Waals surface area (Å²) in [7, 11) is 0. The lowest BCUT2D eigenvalue weighted by Gasteiger charge is -2.07. The first-order valence-corrected chi connectivity index (χ1v) is 3.50. The second-order valence-corrected chi connectivity index (χ2v) is 2.62. The van der Waals surface area contributed by atoms with Crippen molar-refractivity contribution in [1.82, 2.24) is 5.32 Å². The number of carbonyl (C=O) groups is 2. The molecule has 66 valence electrons. The molecule has 3 N–H and O–H groups in total.